The van der Waals surface area contributed by atoms with Gasteiger partial charge in [-0.05, 0) is 62.6 Å². The van der Waals surface area contributed by atoms with Gasteiger partial charge in [0.15, 0.2) is 0 Å². The minimum absolute atomic E-state index is 0.0561. The van der Waals surface area contributed by atoms with Crippen molar-refractivity contribution in [2.75, 3.05) is 32.7 Å². The van der Waals surface area contributed by atoms with Crippen LogP contribution in [0.5, 0.6) is 0 Å². The second-order valence-corrected chi connectivity index (χ2v) is 9.23. The fraction of sp³-hybridized carbons (Fsp3) is 0.407. The molecular formula is C27H35N5O. The number of nitrogens with one attached hydrogen (secondary N) is 1. The van der Waals surface area contributed by atoms with Crippen molar-refractivity contribution in [2.45, 2.75) is 40.8 Å². The molecule has 1 aromatic heterocycles. The van der Waals surface area contributed by atoms with Crippen molar-refractivity contribution in [3.63, 3.8) is 0 Å². The molecule has 0 atom stereocenters. The number of carbonyl (C=O) groups is 1. The lowest BCUT2D eigenvalue weighted by Crippen LogP contribution is -2.49. The molecule has 6 heteroatoms. The number of benzene rings is 2. The van der Waals surface area contributed by atoms with E-state index in [2.05, 4.69) is 53.1 Å². The Morgan fingerprint density at radius 3 is 2.21 bits per heavy atom. The Labute approximate surface area is 197 Å². The van der Waals surface area contributed by atoms with Crippen molar-refractivity contribution in [2.24, 2.45) is 0 Å². The fourth-order valence-corrected chi connectivity index (χ4v) is 4.69. The van der Waals surface area contributed by atoms with E-state index in [0.29, 0.717) is 13.1 Å². The third kappa shape index (κ3) is 5.89. The SMILES string of the molecule is Cc1cc(C)c(CN2CCN(CC(=O)NCc3cc(C)n(-c4ccccc4)n3)CC2)c(C)c1. The number of hydrogen-bond donors (Lipinski definition) is 1. The number of rotatable bonds is 7. The van der Waals surface area contributed by atoms with Crippen molar-refractivity contribution in [3.8, 4) is 5.69 Å². The number of nitrogens with zero attached hydrogens (tertiary/aromatic N) is 4. The first kappa shape index (κ1) is 23.2. The molecule has 1 aliphatic rings. The molecule has 1 aliphatic heterocycles. The van der Waals surface area contributed by atoms with E-state index in [0.717, 1.165) is 49.8 Å². The highest BCUT2D eigenvalue weighted by Crippen LogP contribution is 2.19. The number of piperazine rings is 1. The molecular weight excluding hydrogens is 410 g/mol. The molecule has 2 aromatic carbocycles. The number of para-hydroxylation sites is 1. The Bertz CT molecular complexity index is 1070. The van der Waals surface area contributed by atoms with E-state index in [4.69, 9.17) is 0 Å². The van der Waals surface area contributed by atoms with Gasteiger partial charge in [-0.3, -0.25) is 14.6 Å². The molecule has 4 rings (SSSR count). The van der Waals surface area contributed by atoms with Crippen LogP contribution in [-0.4, -0.2) is 58.2 Å². The largest absolute Gasteiger partial charge is 0.349 e. The normalized spacial score (nSPS) is 15.0. The summed E-state index contributed by atoms with van der Waals surface area (Å²) in [6, 6.07) is 16.6. The quantitative estimate of drug-likeness (QED) is 0.604. The summed E-state index contributed by atoms with van der Waals surface area (Å²) in [6.07, 6.45) is 0. The highest BCUT2D eigenvalue weighted by Gasteiger charge is 2.20. The van der Waals surface area contributed by atoms with Crippen LogP contribution in [0.1, 0.15) is 33.6 Å². The van der Waals surface area contributed by atoms with Gasteiger partial charge < -0.3 is 5.32 Å². The van der Waals surface area contributed by atoms with Gasteiger partial charge in [-0.15, -0.1) is 0 Å². The summed E-state index contributed by atoms with van der Waals surface area (Å²) in [5.74, 6) is 0.0561. The van der Waals surface area contributed by atoms with Gasteiger partial charge in [0.2, 0.25) is 5.91 Å². The molecule has 1 N–H and O–H groups in total. The molecule has 174 valence electrons. The van der Waals surface area contributed by atoms with Crippen LogP contribution in [0.15, 0.2) is 48.5 Å². The average Bonchev–Trinajstić information content (AvgIpc) is 3.17. The summed E-state index contributed by atoms with van der Waals surface area (Å²) in [5, 5.41) is 7.69. The van der Waals surface area contributed by atoms with Crippen LogP contribution in [0.25, 0.3) is 5.69 Å². The van der Waals surface area contributed by atoms with Gasteiger partial charge in [-0.1, -0.05) is 35.9 Å². The smallest absolute Gasteiger partial charge is 0.234 e. The summed E-state index contributed by atoms with van der Waals surface area (Å²) in [6.45, 7) is 14.3. The molecule has 0 unspecified atom stereocenters. The van der Waals surface area contributed by atoms with E-state index in [1.165, 1.54) is 22.3 Å². The molecule has 6 nitrogen and oxygen atoms in total. The zero-order valence-electron chi connectivity index (χ0n) is 20.3. The van der Waals surface area contributed by atoms with Crippen LogP contribution >= 0.6 is 0 Å². The van der Waals surface area contributed by atoms with Gasteiger partial charge in [-0.2, -0.15) is 5.10 Å². The molecule has 0 spiro atoms. The Hall–Kier alpha value is -2.96. The molecule has 0 aliphatic carbocycles. The van der Waals surface area contributed by atoms with E-state index in [1.54, 1.807) is 0 Å². The van der Waals surface area contributed by atoms with Crippen molar-refractivity contribution in [3.05, 3.63) is 82.2 Å². The first-order chi connectivity index (χ1) is 15.9. The second-order valence-electron chi connectivity index (χ2n) is 9.23. The number of hydrogen-bond acceptors (Lipinski definition) is 4. The summed E-state index contributed by atoms with van der Waals surface area (Å²) in [5.41, 5.74) is 8.47. The lowest BCUT2D eigenvalue weighted by molar-refractivity contribution is -0.122. The van der Waals surface area contributed by atoms with Crippen LogP contribution in [0, 0.1) is 27.7 Å². The number of amides is 1. The van der Waals surface area contributed by atoms with E-state index in [9.17, 15) is 4.79 Å². The Morgan fingerprint density at radius 2 is 1.55 bits per heavy atom. The number of aromatic nitrogens is 2. The number of carbonyl (C=O) groups excluding carboxylic acids is 1. The Kier molecular flexibility index (Phi) is 7.26. The van der Waals surface area contributed by atoms with Crippen LogP contribution in [0.2, 0.25) is 0 Å². The van der Waals surface area contributed by atoms with Gasteiger partial charge in [-0.25, -0.2) is 4.68 Å². The third-order valence-electron chi connectivity index (χ3n) is 6.46. The average molecular weight is 446 g/mol. The van der Waals surface area contributed by atoms with Gasteiger partial charge in [0.1, 0.15) is 0 Å². The van der Waals surface area contributed by atoms with Gasteiger partial charge in [0, 0.05) is 38.4 Å². The maximum absolute atomic E-state index is 12.5. The second kappa shape index (κ2) is 10.3. The van der Waals surface area contributed by atoms with E-state index >= 15 is 0 Å². The maximum atomic E-state index is 12.5. The monoisotopic (exact) mass is 445 g/mol. The molecule has 33 heavy (non-hydrogen) atoms. The fourth-order valence-electron chi connectivity index (χ4n) is 4.69. The summed E-state index contributed by atoms with van der Waals surface area (Å²) < 4.78 is 1.91. The molecule has 1 fully saturated rings. The molecule has 0 bridgehead atoms. The molecule has 3 aromatic rings. The zero-order valence-corrected chi connectivity index (χ0v) is 20.3. The Balaban J connectivity index is 1.23. The standard InChI is InChI=1S/C27H35N5O/c1-20-14-21(2)26(22(3)15-20)18-30-10-12-31(13-11-30)19-27(33)28-17-24-16-23(4)32(29-24)25-8-6-5-7-9-25/h5-9,14-16H,10-13,17-19H2,1-4H3,(H,28,33). The van der Waals surface area contributed by atoms with Crippen LogP contribution in [0.3, 0.4) is 0 Å². The van der Waals surface area contributed by atoms with Gasteiger partial charge in [0.25, 0.3) is 0 Å². The summed E-state index contributed by atoms with van der Waals surface area (Å²) in [7, 11) is 0. The van der Waals surface area contributed by atoms with Crippen LogP contribution < -0.4 is 5.32 Å². The molecule has 1 saturated heterocycles. The Morgan fingerprint density at radius 1 is 0.909 bits per heavy atom. The van der Waals surface area contributed by atoms with Crippen LogP contribution in [-0.2, 0) is 17.9 Å². The predicted octanol–water partition coefficient (Wildman–Crippen LogP) is 3.54. The van der Waals surface area contributed by atoms with Crippen LogP contribution in [0.4, 0.5) is 0 Å². The van der Waals surface area contributed by atoms with Crippen molar-refractivity contribution >= 4 is 5.91 Å². The molecule has 0 saturated carbocycles. The van der Waals surface area contributed by atoms with E-state index in [1.807, 2.05) is 48.0 Å². The van der Waals surface area contributed by atoms with Crippen molar-refractivity contribution in [1.29, 1.82) is 0 Å². The van der Waals surface area contributed by atoms with Crippen molar-refractivity contribution < 1.29 is 4.79 Å². The first-order valence-corrected chi connectivity index (χ1v) is 11.8. The summed E-state index contributed by atoms with van der Waals surface area (Å²) in [4.78, 5) is 17.3. The maximum Gasteiger partial charge on any atom is 0.234 e. The molecule has 0 radical (unpaired) electrons. The predicted molar refractivity (Wildman–Crippen MR) is 133 cm³/mol. The zero-order chi connectivity index (χ0) is 23.4. The van der Waals surface area contributed by atoms with Gasteiger partial charge in [0.05, 0.1) is 24.5 Å². The highest BCUT2D eigenvalue weighted by atomic mass is 16.2. The van der Waals surface area contributed by atoms with E-state index in [-0.39, 0.29) is 5.91 Å². The van der Waals surface area contributed by atoms with Crippen molar-refractivity contribution in [1.82, 2.24) is 24.9 Å². The van der Waals surface area contributed by atoms with E-state index < -0.39 is 0 Å². The lowest BCUT2D eigenvalue weighted by atomic mass is 9.99. The lowest BCUT2D eigenvalue weighted by Gasteiger charge is -2.34. The molecule has 2 heterocycles. The molecule has 1 amide bonds. The topological polar surface area (TPSA) is 53.4 Å². The number of aryl methyl sites for hydroxylation is 4. The van der Waals surface area contributed by atoms with Gasteiger partial charge >= 0.3 is 0 Å². The summed E-state index contributed by atoms with van der Waals surface area (Å²) >= 11 is 0. The highest BCUT2D eigenvalue weighted by molar-refractivity contribution is 5.78. The first-order valence-electron chi connectivity index (χ1n) is 11.8. The minimum atomic E-state index is 0.0561. The minimum Gasteiger partial charge on any atom is -0.349 e. The third-order valence-corrected chi connectivity index (χ3v) is 6.46.